The lowest BCUT2D eigenvalue weighted by Gasteiger charge is -2.17. The van der Waals surface area contributed by atoms with Gasteiger partial charge in [-0.1, -0.05) is 44.5 Å². The van der Waals surface area contributed by atoms with E-state index in [4.69, 9.17) is 4.74 Å². The minimum absolute atomic E-state index is 0.304. The van der Waals surface area contributed by atoms with Gasteiger partial charge in [0.05, 0.1) is 12.6 Å². The Bertz CT molecular complexity index is 312. The van der Waals surface area contributed by atoms with Crippen molar-refractivity contribution in [3.63, 3.8) is 0 Å². The predicted octanol–water partition coefficient (Wildman–Crippen LogP) is 3.33. The lowest BCUT2D eigenvalue weighted by atomic mass is 10.0. The summed E-state index contributed by atoms with van der Waals surface area (Å²) in [5, 5.41) is 3.32. The molecule has 1 N–H and O–H groups in total. The van der Waals surface area contributed by atoms with Gasteiger partial charge >= 0.3 is 0 Å². The second-order valence-corrected chi connectivity index (χ2v) is 4.41. The molecule has 1 rings (SSSR count). The molecule has 0 saturated carbocycles. The highest BCUT2D eigenvalue weighted by atomic mass is 16.5. The monoisotopic (exact) mass is 235 g/mol. The predicted molar refractivity (Wildman–Crippen MR) is 73.3 cm³/mol. The van der Waals surface area contributed by atoms with Crippen LogP contribution < -0.4 is 5.32 Å². The van der Waals surface area contributed by atoms with E-state index in [1.807, 2.05) is 7.05 Å². The Morgan fingerprint density at radius 2 is 2.06 bits per heavy atom. The molecule has 1 aromatic carbocycles. The van der Waals surface area contributed by atoms with Crippen molar-refractivity contribution in [2.45, 2.75) is 39.2 Å². The maximum absolute atomic E-state index is 5.63. The third-order valence-corrected chi connectivity index (χ3v) is 2.87. The number of rotatable bonds is 8. The van der Waals surface area contributed by atoms with Gasteiger partial charge in [-0.25, -0.2) is 0 Å². The van der Waals surface area contributed by atoms with Gasteiger partial charge in [0.2, 0.25) is 0 Å². The zero-order valence-electron chi connectivity index (χ0n) is 11.3. The number of nitrogens with one attached hydrogen (secondary N) is 1. The van der Waals surface area contributed by atoms with Crippen LogP contribution in [0.25, 0.3) is 0 Å². The summed E-state index contributed by atoms with van der Waals surface area (Å²) in [6.45, 7) is 5.94. The van der Waals surface area contributed by atoms with Gasteiger partial charge in [-0.2, -0.15) is 0 Å². The molecule has 0 aliphatic rings. The molecule has 2 nitrogen and oxygen atoms in total. The second kappa shape index (κ2) is 8.26. The average molecular weight is 235 g/mol. The Labute approximate surface area is 105 Å². The number of benzene rings is 1. The van der Waals surface area contributed by atoms with Gasteiger partial charge in [0.1, 0.15) is 0 Å². The Balaban J connectivity index is 2.63. The summed E-state index contributed by atoms with van der Waals surface area (Å²) in [6, 6.07) is 9.12. The van der Waals surface area contributed by atoms with E-state index in [1.165, 1.54) is 17.5 Å². The minimum Gasteiger partial charge on any atom is -0.379 e. The Morgan fingerprint density at radius 1 is 1.24 bits per heavy atom. The summed E-state index contributed by atoms with van der Waals surface area (Å²) in [4.78, 5) is 0. The molecule has 0 spiro atoms. The molecule has 0 radical (unpaired) electrons. The van der Waals surface area contributed by atoms with Crippen LogP contribution in [0.2, 0.25) is 0 Å². The molecule has 1 atom stereocenters. The van der Waals surface area contributed by atoms with Crippen molar-refractivity contribution in [1.29, 1.82) is 0 Å². The number of hydrogen-bond acceptors (Lipinski definition) is 2. The molecule has 0 fully saturated rings. The van der Waals surface area contributed by atoms with Gasteiger partial charge in [0, 0.05) is 6.61 Å². The molecular formula is C15H25NO. The van der Waals surface area contributed by atoms with Gasteiger partial charge in [-0.3, -0.25) is 0 Å². The molecule has 0 heterocycles. The third kappa shape index (κ3) is 4.88. The van der Waals surface area contributed by atoms with Gasteiger partial charge in [-0.05, 0) is 31.0 Å². The van der Waals surface area contributed by atoms with Gasteiger partial charge in [-0.15, -0.1) is 0 Å². The first-order valence-corrected chi connectivity index (χ1v) is 6.65. The van der Waals surface area contributed by atoms with Gasteiger partial charge < -0.3 is 10.1 Å². The van der Waals surface area contributed by atoms with E-state index in [9.17, 15) is 0 Å². The van der Waals surface area contributed by atoms with Crippen molar-refractivity contribution in [2.75, 3.05) is 20.3 Å². The minimum atomic E-state index is 0.304. The van der Waals surface area contributed by atoms with E-state index in [2.05, 4.69) is 43.4 Å². The summed E-state index contributed by atoms with van der Waals surface area (Å²) in [5.41, 5.74) is 2.75. The van der Waals surface area contributed by atoms with Crippen LogP contribution in [0.5, 0.6) is 0 Å². The largest absolute Gasteiger partial charge is 0.379 e. The average Bonchev–Trinajstić information content (AvgIpc) is 2.35. The van der Waals surface area contributed by atoms with Crippen LogP contribution in [-0.2, 0) is 11.2 Å². The SMILES string of the molecule is CCCOCC(NC)c1cccc(CCC)c1. The first-order valence-electron chi connectivity index (χ1n) is 6.65. The van der Waals surface area contributed by atoms with Crippen LogP contribution in [0.1, 0.15) is 43.9 Å². The summed E-state index contributed by atoms with van der Waals surface area (Å²) >= 11 is 0. The molecule has 0 aliphatic heterocycles. The first-order chi connectivity index (χ1) is 8.31. The molecular weight excluding hydrogens is 210 g/mol. The molecule has 2 heteroatoms. The zero-order valence-corrected chi connectivity index (χ0v) is 11.3. The highest BCUT2D eigenvalue weighted by Crippen LogP contribution is 2.16. The van der Waals surface area contributed by atoms with Crippen LogP contribution in [0.4, 0.5) is 0 Å². The van der Waals surface area contributed by atoms with Crippen molar-refractivity contribution in [3.8, 4) is 0 Å². The lowest BCUT2D eigenvalue weighted by molar-refractivity contribution is 0.114. The Morgan fingerprint density at radius 3 is 2.71 bits per heavy atom. The molecule has 17 heavy (non-hydrogen) atoms. The van der Waals surface area contributed by atoms with E-state index in [0.29, 0.717) is 6.04 Å². The fourth-order valence-electron chi connectivity index (χ4n) is 1.95. The fourth-order valence-corrected chi connectivity index (χ4v) is 1.95. The van der Waals surface area contributed by atoms with E-state index in [0.717, 1.165) is 26.1 Å². The molecule has 96 valence electrons. The Kier molecular flexibility index (Phi) is 6.90. The van der Waals surface area contributed by atoms with E-state index in [-0.39, 0.29) is 0 Å². The van der Waals surface area contributed by atoms with Crippen LogP contribution in [-0.4, -0.2) is 20.3 Å². The van der Waals surface area contributed by atoms with Crippen molar-refractivity contribution in [2.24, 2.45) is 0 Å². The molecule has 1 aromatic rings. The van der Waals surface area contributed by atoms with Crippen LogP contribution in [0.15, 0.2) is 24.3 Å². The summed E-state index contributed by atoms with van der Waals surface area (Å²) in [6.07, 6.45) is 3.42. The highest BCUT2D eigenvalue weighted by molar-refractivity contribution is 5.26. The summed E-state index contributed by atoms with van der Waals surface area (Å²) in [5.74, 6) is 0. The van der Waals surface area contributed by atoms with E-state index in [1.54, 1.807) is 0 Å². The molecule has 0 saturated heterocycles. The highest BCUT2D eigenvalue weighted by Gasteiger charge is 2.09. The van der Waals surface area contributed by atoms with Crippen molar-refractivity contribution >= 4 is 0 Å². The molecule has 1 unspecified atom stereocenters. The maximum atomic E-state index is 5.63. The number of hydrogen-bond donors (Lipinski definition) is 1. The molecule has 0 aromatic heterocycles. The molecule has 0 amide bonds. The smallest absolute Gasteiger partial charge is 0.0661 e. The van der Waals surface area contributed by atoms with E-state index < -0.39 is 0 Å². The quantitative estimate of drug-likeness (QED) is 0.698. The molecule has 0 bridgehead atoms. The maximum Gasteiger partial charge on any atom is 0.0661 e. The Hall–Kier alpha value is -0.860. The first kappa shape index (κ1) is 14.2. The van der Waals surface area contributed by atoms with Gasteiger partial charge in [0.25, 0.3) is 0 Å². The van der Waals surface area contributed by atoms with E-state index >= 15 is 0 Å². The fraction of sp³-hybridized carbons (Fsp3) is 0.600. The van der Waals surface area contributed by atoms with Crippen LogP contribution in [0, 0.1) is 0 Å². The third-order valence-electron chi connectivity index (χ3n) is 2.87. The van der Waals surface area contributed by atoms with Crippen LogP contribution in [0.3, 0.4) is 0 Å². The standard InChI is InChI=1S/C15H25NO/c1-4-7-13-8-6-9-14(11-13)15(16-3)12-17-10-5-2/h6,8-9,11,15-16H,4-5,7,10,12H2,1-3H3. The second-order valence-electron chi connectivity index (χ2n) is 4.41. The number of ether oxygens (including phenoxy) is 1. The van der Waals surface area contributed by atoms with Crippen LogP contribution >= 0.6 is 0 Å². The van der Waals surface area contributed by atoms with Crippen molar-refractivity contribution in [1.82, 2.24) is 5.32 Å². The number of aryl methyl sites for hydroxylation is 1. The zero-order chi connectivity index (χ0) is 12.5. The van der Waals surface area contributed by atoms with Gasteiger partial charge in [0.15, 0.2) is 0 Å². The summed E-state index contributed by atoms with van der Waals surface area (Å²) in [7, 11) is 1.99. The van der Waals surface area contributed by atoms with Crippen molar-refractivity contribution < 1.29 is 4.74 Å². The number of likely N-dealkylation sites (N-methyl/N-ethyl adjacent to an activating group) is 1. The summed E-state index contributed by atoms with van der Waals surface area (Å²) < 4.78 is 5.63. The van der Waals surface area contributed by atoms with Crippen molar-refractivity contribution in [3.05, 3.63) is 35.4 Å². The normalized spacial score (nSPS) is 12.6. The molecule has 0 aliphatic carbocycles. The topological polar surface area (TPSA) is 21.3 Å². The lowest BCUT2D eigenvalue weighted by Crippen LogP contribution is -2.22.